The minimum absolute atomic E-state index is 0.267. The van der Waals surface area contributed by atoms with E-state index in [0.717, 1.165) is 17.1 Å². The summed E-state index contributed by atoms with van der Waals surface area (Å²) in [5.74, 6) is 0.839. The first-order valence-electron chi connectivity index (χ1n) is 8.24. The number of benzene rings is 2. The van der Waals surface area contributed by atoms with Crippen molar-refractivity contribution in [1.82, 2.24) is 0 Å². The molecule has 1 aliphatic carbocycles. The fraction of sp³-hybridized carbons (Fsp3) is 0.300. The van der Waals surface area contributed by atoms with Crippen molar-refractivity contribution in [3.8, 4) is 0 Å². The molecule has 124 valence electrons. The number of fused-ring (bicyclic) bond motifs is 3. The molecule has 0 bridgehead atoms. The highest BCUT2D eigenvalue weighted by Crippen LogP contribution is 2.52. The molecular weight excluding hydrogens is 339 g/mol. The number of hydrogen-bond donors (Lipinski definition) is 1. The lowest BCUT2D eigenvalue weighted by Crippen LogP contribution is -2.29. The van der Waals surface area contributed by atoms with Gasteiger partial charge in [0.05, 0.1) is 6.04 Å². The molecule has 0 radical (unpaired) electrons. The molecule has 3 atom stereocenters. The van der Waals surface area contributed by atoms with Crippen LogP contribution in [0.4, 0.5) is 11.4 Å². The van der Waals surface area contributed by atoms with E-state index in [0.29, 0.717) is 16.9 Å². The molecule has 0 saturated carbocycles. The average Bonchev–Trinajstić information content (AvgIpc) is 3.02. The van der Waals surface area contributed by atoms with E-state index in [2.05, 4.69) is 60.7 Å². The molecule has 1 aliphatic heterocycles. The van der Waals surface area contributed by atoms with Crippen molar-refractivity contribution in [3.63, 3.8) is 0 Å². The van der Waals surface area contributed by atoms with Crippen LogP contribution in [0.3, 0.4) is 0 Å². The van der Waals surface area contributed by atoms with Gasteiger partial charge in [-0.05, 0) is 42.2 Å². The Morgan fingerprint density at radius 3 is 2.54 bits per heavy atom. The van der Waals surface area contributed by atoms with Crippen LogP contribution in [-0.4, -0.2) is 14.1 Å². The Kier molecular flexibility index (Phi) is 3.98. The predicted octanol–water partition coefficient (Wildman–Crippen LogP) is 5.89. The van der Waals surface area contributed by atoms with Gasteiger partial charge in [-0.15, -0.1) is 0 Å². The topological polar surface area (TPSA) is 15.3 Å². The second-order valence-electron chi connectivity index (χ2n) is 6.81. The molecular formula is C20H20Cl2N2. The van der Waals surface area contributed by atoms with Gasteiger partial charge >= 0.3 is 0 Å². The van der Waals surface area contributed by atoms with Crippen LogP contribution in [0.25, 0.3) is 0 Å². The monoisotopic (exact) mass is 358 g/mol. The van der Waals surface area contributed by atoms with E-state index in [-0.39, 0.29) is 6.04 Å². The highest BCUT2D eigenvalue weighted by molar-refractivity contribution is 6.35. The molecule has 2 aliphatic rings. The lowest BCUT2D eigenvalue weighted by molar-refractivity contribution is 0.426. The molecule has 2 nitrogen and oxygen atoms in total. The predicted molar refractivity (Wildman–Crippen MR) is 104 cm³/mol. The van der Waals surface area contributed by atoms with Crippen LogP contribution in [0.2, 0.25) is 10.0 Å². The number of halogens is 2. The Bertz CT molecular complexity index is 796. The highest BCUT2D eigenvalue weighted by atomic mass is 35.5. The molecule has 2 aromatic carbocycles. The van der Waals surface area contributed by atoms with Crippen LogP contribution >= 0.6 is 23.2 Å². The molecule has 1 N–H and O–H groups in total. The molecule has 2 aromatic rings. The maximum Gasteiger partial charge on any atom is 0.0553 e. The maximum absolute atomic E-state index is 6.50. The van der Waals surface area contributed by atoms with Gasteiger partial charge in [-0.25, -0.2) is 0 Å². The summed E-state index contributed by atoms with van der Waals surface area (Å²) in [5.41, 5.74) is 4.76. The van der Waals surface area contributed by atoms with E-state index in [4.69, 9.17) is 23.2 Å². The number of anilines is 2. The van der Waals surface area contributed by atoms with E-state index < -0.39 is 0 Å². The quantitative estimate of drug-likeness (QED) is 0.673. The molecule has 0 amide bonds. The van der Waals surface area contributed by atoms with Crippen LogP contribution in [0.1, 0.15) is 29.5 Å². The number of allylic oxidation sites excluding steroid dienone is 2. The lowest BCUT2D eigenvalue weighted by atomic mass is 9.77. The Morgan fingerprint density at radius 1 is 1.08 bits per heavy atom. The first-order chi connectivity index (χ1) is 11.5. The second-order valence-corrected chi connectivity index (χ2v) is 7.65. The largest absolute Gasteiger partial charge is 0.378 e. The molecule has 4 heteroatoms. The first-order valence-corrected chi connectivity index (χ1v) is 8.99. The zero-order chi connectivity index (χ0) is 16.8. The minimum Gasteiger partial charge on any atom is -0.378 e. The smallest absolute Gasteiger partial charge is 0.0553 e. The van der Waals surface area contributed by atoms with Crippen molar-refractivity contribution in [2.75, 3.05) is 24.3 Å². The van der Waals surface area contributed by atoms with Crippen LogP contribution in [0.5, 0.6) is 0 Å². The Morgan fingerprint density at radius 2 is 1.83 bits per heavy atom. The summed E-state index contributed by atoms with van der Waals surface area (Å²) < 4.78 is 0. The minimum atomic E-state index is 0.267. The van der Waals surface area contributed by atoms with Gasteiger partial charge in [-0.1, -0.05) is 47.5 Å². The third-order valence-corrected chi connectivity index (χ3v) is 5.68. The Balaban J connectivity index is 1.75. The van der Waals surface area contributed by atoms with Gasteiger partial charge in [0.25, 0.3) is 0 Å². The second kappa shape index (κ2) is 6.02. The van der Waals surface area contributed by atoms with Crippen LogP contribution in [0.15, 0.2) is 48.6 Å². The molecule has 0 aromatic heterocycles. The summed E-state index contributed by atoms with van der Waals surface area (Å²) in [6.07, 6.45) is 5.64. The van der Waals surface area contributed by atoms with Crippen molar-refractivity contribution in [2.45, 2.75) is 18.4 Å². The van der Waals surface area contributed by atoms with Crippen LogP contribution < -0.4 is 10.2 Å². The van der Waals surface area contributed by atoms with Gasteiger partial charge in [0.2, 0.25) is 0 Å². The number of rotatable bonds is 2. The molecule has 24 heavy (non-hydrogen) atoms. The molecule has 4 rings (SSSR count). The maximum atomic E-state index is 6.50. The molecule has 0 spiro atoms. The zero-order valence-electron chi connectivity index (χ0n) is 13.8. The third kappa shape index (κ3) is 2.58. The molecule has 0 saturated heterocycles. The van der Waals surface area contributed by atoms with E-state index in [1.165, 1.54) is 16.8 Å². The normalized spacial score (nSPS) is 24.2. The summed E-state index contributed by atoms with van der Waals surface area (Å²) in [5, 5.41) is 5.12. The number of nitrogens with zero attached hydrogens (tertiary/aromatic N) is 1. The zero-order valence-corrected chi connectivity index (χ0v) is 15.3. The fourth-order valence-corrected chi connectivity index (χ4v) is 4.57. The highest BCUT2D eigenvalue weighted by Gasteiger charge is 2.39. The molecule has 0 fully saturated rings. The average molecular weight is 359 g/mol. The van der Waals surface area contributed by atoms with Gasteiger partial charge in [-0.3, -0.25) is 0 Å². The summed E-state index contributed by atoms with van der Waals surface area (Å²) in [6.45, 7) is 0. The van der Waals surface area contributed by atoms with Crippen molar-refractivity contribution in [3.05, 3.63) is 69.7 Å². The third-order valence-electron chi connectivity index (χ3n) is 5.15. The van der Waals surface area contributed by atoms with Gasteiger partial charge in [0.15, 0.2) is 0 Å². The van der Waals surface area contributed by atoms with Gasteiger partial charge in [0.1, 0.15) is 0 Å². The lowest BCUT2D eigenvalue weighted by Gasteiger charge is -2.38. The number of nitrogens with one attached hydrogen (secondary N) is 1. The first kappa shape index (κ1) is 15.9. The van der Waals surface area contributed by atoms with Crippen LogP contribution in [0, 0.1) is 5.92 Å². The van der Waals surface area contributed by atoms with E-state index in [9.17, 15) is 0 Å². The fourth-order valence-electron chi connectivity index (χ4n) is 3.95. The SMILES string of the molecule is CN(C)c1ccc(C2Nc3cc(Cl)cc(Cl)c3C3C=CCC32)cc1. The van der Waals surface area contributed by atoms with Crippen molar-refractivity contribution in [2.24, 2.45) is 5.92 Å². The summed E-state index contributed by atoms with van der Waals surface area (Å²) in [7, 11) is 4.12. The molecule has 1 heterocycles. The standard InChI is InChI=1S/C20H20Cl2N2/c1-24(2)14-8-6-12(7-9-14)20-16-5-3-4-15(16)19-17(22)10-13(21)11-18(19)23-20/h3-4,6-11,15-16,20,23H,5H2,1-2H3. The number of hydrogen-bond acceptors (Lipinski definition) is 2. The summed E-state index contributed by atoms with van der Waals surface area (Å²) in [4.78, 5) is 2.12. The molecule has 3 unspecified atom stereocenters. The van der Waals surface area contributed by atoms with Crippen LogP contribution in [-0.2, 0) is 0 Å². The summed E-state index contributed by atoms with van der Waals surface area (Å²) >= 11 is 12.7. The van der Waals surface area contributed by atoms with Gasteiger partial charge < -0.3 is 10.2 Å². The van der Waals surface area contributed by atoms with Crippen molar-refractivity contribution in [1.29, 1.82) is 0 Å². The van der Waals surface area contributed by atoms with Crippen molar-refractivity contribution < 1.29 is 0 Å². The Labute approximate surface area is 153 Å². The van der Waals surface area contributed by atoms with E-state index in [1.54, 1.807) is 0 Å². The van der Waals surface area contributed by atoms with E-state index in [1.807, 2.05) is 12.1 Å². The van der Waals surface area contributed by atoms with Gasteiger partial charge in [0, 0.05) is 47.0 Å². The van der Waals surface area contributed by atoms with Gasteiger partial charge in [-0.2, -0.15) is 0 Å². The summed E-state index contributed by atoms with van der Waals surface area (Å²) in [6, 6.07) is 12.9. The van der Waals surface area contributed by atoms with E-state index >= 15 is 0 Å². The Hall–Kier alpha value is -1.64. The van der Waals surface area contributed by atoms with Crippen molar-refractivity contribution >= 4 is 34.6 Å².